The van der Waals surface area contributed by atoms with Gasteiger partial charge in [0.2, 0.25) is 0 Å². The van der Waals surface area contributed by atoms with Crippen molar-refractivity contribution in [2.24, 2.45) is 11.8 Å². The lowest BCUT2D eigenvalue weighted by atomic mass is 10.1. The zero-order valence-electron chi connectivity index (χ0n) is 15.2. The van der Waals surface area contributed by atoms with E-state index in [2.05, 4.69) is 85.5 Å². The van der Waals surface area contributed by atoms with Gasteiger partial charge in [-0.25, -0.2) is 0 Å². The number of hydrogen-bond acceptors (Lipinski definition) is 1. The summed E-state index contributed by atoms with van der Waals surface area (Å²) in [5.74, 6) is 1.54. The van der Waals surface area contributed by atoms with Gasteiger partial charge in [-0.15, -0.1) is 0 Å². The van der Waals surface area contributed by atoms with Crippen LogP contribution in [0.4, 0.5) is 11.4 Å². The lowest BCUT2D eigenvalue weighted by molar-refractivity contribution is 0.950. The van der Waals surface area contributed by atoms with E-state index in [1.165, 1.54) is 34.6 Å². The first kappa shape index (κ1) is 16.6. The number of fused-ring (bicyclic) bond motifs is 1. The third kappa shape index (κ3) is 3.46. The predicted molar refractivity (Wildman–Crippen MR) is 105 cm³/mol. The molecule has 0 radical (unpaired) electrons. The first-order valence-electron chi connectivity index (χ1n) is 9.04. The average molecular weight is 317 g/mol. The highest BCUT2D eigenvalue weighted by atomic mass is 15.1. The Kier molecular flexibility index (Phi) is 4.89. The Morgan fingerprint density at radius 1 is 0.750 bits per heavy atom. The summed E-state index contributed by atoms with van der Waals surface area (Å²) in [6.45, 7) is 8.27. The van der Waals surface area contributed by atoms with E-state index in [-0.39, 0.29) is 0 Å². The van der Waals surface area contributed by atoms with E-state index in [4.69, 9.17) is 0 Å². The molecular formula is C23H27N. The molecule has 1 nitrogen and oxygen atoms in total. The maximum atomic E-state index is 2.43. The Labute approximate surface area is 146 Å². The Bertz CT molecular complexity index is 689. The highest BCUT2D eigenvalue weighted by Gasteiger charge is 2.36. The molecular weight excluding hydrogens is 290 g/mol. The largest absolute Gasteiger partial charge is 0.311 e. The lowest BCUT2D eigenvalue weighted by Crippen LogP contribution is -2.16. The van der Waals surface area contributed by atoms with Crippen molar-refractivity contribution in [2.45, 2.75) is 34.1 Å². The summed E-state index contributed by atoms with van der Waals surface area (Å²) in [6, 6.07) is 17.6. The van der Waals surface area contributed by atoms with Crippen LogP contribution in [0, 0.1) is 25.7 Å². The van der Waals surface area contributed by atoms with Crippen LogP contribution in [-0.2, 0) is 0 Å². The van der Waals surface area contributed by atoms with Crippen molar-refractivity contribution < 1.29 is 0 Å². The van der Waals surface area contributed by atoms with Crippen LogP contribution in [0.2, 0.25) is 0 Å². The van der Waals surface area contributed by atoms with Crippen LogP contribution in [0.15, 0.2) is 72.5 Å². The van der Waals surface area contributed by atoms with Crippen molar-refractivity contribution in [2.75, 3.05) is 4.90 Å². The first-order chi connectivity index (χ1) is 11.7. The van der Waals surface area contributed by atoms with E-state index >= 15 is 0 Å². The van der Waals surface area contributed by atoms with Crippen LogP contribution in [-0.4, -0.2) is 0 Å². The van der Waals surface area contributed by atoms with Crippen molar-refractivity contribution >= 4 is 11.4 Å². The molecule has 1 saturated carbocycles. The Morgan fingerprint density at radius 2 is 1.25 bits per heavy atom. The van der Waals surface area contributed by atoms with Crippen LogP contribution < -0.4 is 4.90 Å². The molecule has 1 heteroatoms. The molecule has 124 valence electrons. The summed E-state index contributed by atoms with van der Waals surface area (Å²) in [5.41, 5.74) is 6.34. The zero-order valence-corrected chi connectivity index (χ0v) is 15.2. The van der Waals surface area contributed by atoms with Crippen molar-refractivity contribution in [3.8, 4) is 0 Å². The number of aryl methyl sites for hydroxylation is 2. The van der Waals surface area contributed by atoms with Crippen molar-refractivity contribution in [3.63, 3.8) is 0 Å². The Morgan fingerprint density at radius 3 is 1.71 bits per heavy atom. The zero-order chi connectivity index (χ0) is 17.1. The molecule has 4 rings (SSSR count). The molecule has 0 amide bonds. The van der Waals surface area contributed by atoms with Gasteiger partial charge in [0.25, 0.3) is 0 Å². The van der Waals surface area contributed by atoms with Crippen LogP contribution in [0.25, 0.3) is 0 Å². The highest BCUT2D eigenvalue weighted by molar-refractivity contribution is 5.71. The third-order valence-corrected chi connectivity index (χ3v) is 4.63. The number of nitrogens with zero attached hydrogens (tertiary/aromatic N) is 1. The summed E-state index contributed by atoms with van der Waals surface area (Å²) in [4.78, 5) is 2.36. The second-order valence-electron chi connectivity index (χ2n) is 6.52. The third-order valence-electron chi connectivity index (χ3n) is 4.63. The molecule has 1 fully saturated rings. The minimum Gasteiger partial charge on any atom is -0.311 e. The molecule has 0 N–H and O–H groups in total. The van der Waals surface area contributed by atoms with E-state index in [1.54, 1.807) is 0 Å². The fourth-order valence-electron chi connectivity index (χ4n) is 3.13. The molecule has 2 aromatic carbocycles. The van der Waals surface area contributed by atoms with Crippen LogP contribution >= 0.6 is 0 Å². The normalized spacial score (nSPS) is 20.4. The fourth-order valence-corrected chi connectivity index (χ4v) is 3.13. The highest BCUT2D eigenvalue weighted by Crippen LogP contribution is 2.46. The SMILES string of the molecule is CC.Cc1ccc(N(C2=CC3CC3C=C2)c2ccc(C)cc2)cc1. The molecule has 24 heavy (non-hydrogen) atoms. The predicted octanol–water partition coefficient (Wildman–Crippen LogP) is 6.56. The van der Waals surface area contributed by atoms with Gasteiger partial charge < -0.3 is 4.90 Å². The van der Waals surface area contributed by atoms with E-state index in [0.29, 0.717) is 0 Å². The molecule has 2 atom stereocenters. The van der Waals surface area contributed by atoms with Gasteiger partial charge in [-0.1, -0.05) is 61.4 Å². The van der Waals surface area contributed by atoms with E-state index in [9.17, 15) is 0 Å². The average Bonchev–Trinajstić information content (AvgIpc) is 3.39. The smallest absolute Gasteiger partial charge is 0.0461 e. The van der Waals surface area contributed by atoms with Gasteiger partial charge in [-0.2, -0.15) is 0 Å². The molecule has 2 unspecified atom stereocenters. The summed E-state index contributed by atoms with van der Waals surface area (Å²) in [7, 11) is 0. The molecule has 0 spiro atoms. The number of hydrogen-bond donors (Lipinski definition) is 0. The minimum absolute atomic E-state index is 0.749. The van der Waals surface area contributed by atoms with E-state index in [0.717, 1.165) is 11.8 Å². The Hall–Kier alpha value is -2.28. The summed E-state index contributed by atoms with van der Waals surface area (Å²) in [5, 5.41) is 0. The van der Waals surface area contributed by atoms with Gasteiger partial charge in [0, 0.05) is 17.1 Å². The number of benzene rings is 2. The molecule has 2 aromatic rings. The molecule has 0 aromatic heterocycles. The summed E-state index contributed by atoms with van der Waals surface area (Å²) < 4.78 is 0. The van der Waals surface area contributed by atoms with Gasteiger partial charge in [0.05, 0.1) is 0 Å². The number of allylic oxidation sites excluding steroid dienone is 3. The fraction of sp³-hybridized carbons (Fsp3) is 0.304. The number of rotatable bonds is 3. The van der Waals surface area contributed by atoms with Crippen LogP contribution in [0.5, 0.6) is 0 Å². The molecule has 0 aliphatic heterocycles. The molecule has 0 saturated heterocycles. The van der Waals surface area contributed by atoms with Gasteiger partial charge in [-0.05, 0) is 62.4 Å². The van der Waals surface area contributed by atoms with Gasteiger partial charge in [0.15, 0.2) is 0 Å². The maximum absolute atomic E-state index is 2.43. The quantitative estimate of drug-likeness (QED) is 0.620. The molecule has 0 bridgehead atoms. The van der Waals surface area contributed by atoms with E-state index < -0.39 is 0 Å². The molecule has 2 aliphatic rings. The second-order valence-corrected chi connectivity index (χ2v) is 6.52. The van der Waals surface area contributed by atoms with Crippen LogP contribution in [0.3, 0.4) is 0 Å². The summed E-state index contributed by atoms with van der Waals surface area (Å²) >= 11 is 0. The first-order valence-corrected chi connectivity index (χ1v) is 9.04. The second kappa shape index (κ2) is 7.09. The van der Waals surface area contributed by atoms with Gasteiger partial charge in [0.1, 0.15) is 0 Å². The van der Waals surface area contributed by atoms with Crippen molar-refractivity contribution in [1.29, 1.82) is 0 Å². The lowest BCUT2D eigenvalue weighted by Gasteiger charge is -2.27. The monoisotopic (exact) mass is 317 g/mol. The molecule has 0 heterocycles. The van der Waals surface area contributed by atoms with Gasteiger partial charge in [-0.3, -0.25) is 0 Å². The summed E-state index contributed by atoms with van der Waals surface area (Å²) in [6.07, 6.45) is 8.41. The molecule has 2 aliphatic carbocycles. The van der Waals surface area contributed by atoms with Gasteiger partial charge >= 0.3 is 0 Å². The minimum atomic E-state index is 0.749. The van der Waals surface area contributed by atoms with Crippen molar-refractivity contribution in [1.82, 2.24) is 0 Å². The number of anilines is 2. The van der Waals surface area contributed by atoms with E-state index in [1.807, 2.05) is 13.8 Å². The van der Waals surface area contributed by atoms with Crippen LogP contribution in [0.1, 0.15) is 31.4 Å². The van der Waals surface area contributed by atoms with Crippen molar-refractivity contribution in [3.05, 3.63) is 83.6 Å². The standard InChI is InChI=1S/C21H21N.C2H6/c1-15-3-8-19(9-4-15)22(20-10-5-16(2)6-11-20)21-12-7-17-13-18(17)14-21;1-2/h3-12,14,17-18H,13H2,1-2H3;1-2H3. The topological polar surface area (TPSA) is 3.24 Å². The maximum Gasteiger partial charge on any atom is 0.0461 e. The Balaban J connectivity index is 0.000000815.